The first-order valence-electron chi connectivity index (χ1n) is 5.45. The largest absolute Gasteiger partial charge is 0.508 e. The van der Waals surface area contributed by atoms with E-state index in [-0.39, 0.29) is 28.2 Å². The van der Waals surface area contributed by atoms with E-state index in [1.54, 1.807) is 6.07 Å². The molecule has 0 aromatic heterocycles. The Morgan fingerprint density at radius 3 is 1.90 bits per heavy atom. The first kappa shape index (κ1) is 13.7. The standard InChI is InChI=1S/C14H8F3NO2/c15-14(16,17)11-2-8(7-18)1-9(3-11)10-4-12(19)6-13(20)5-10/h1-6,19-20H. The van der Waals surface area contributed by atoms with E-state index in [2.05, 4.69) is 0 Å². The van der Waals surface area contributed by atoms with Crippen LogP contribution in [0.2, 0.25) is 0 Å². The number of benzene rings is 2. The molecule has 2 aromatic rings. The Balaban J connectivity index is 2.65. The Morgan fingerprint density at radius 1 is 0.850 bits per heavy atom. The number of phenols is 2. The van der Waals surface area contributed by atoms with E-state index in [0.717, 1.165) is 18.2 Å². The smallest absolute Gasteiger partial charge is 0.416 e. The summed E-state index contributed by atoms with van der Waals surface area (Å²) < 4.78 is 38.3. The summed E-state index contributed by atoms with van der Waals surface area (Å²) in [7, 11) is 0. The van der Waals surface area contributed by atoms with Gasteiger partial charge in [-0.05, 0) is 41.5 Å². The zero-order valence-corrected chi connectivity index (χ0v) is 9.94. The lowest BCUT2D eigenvalue weighted by molar-refractivity contribution is -0.137. The summed E-state index contributed by atoms with van der Waals surface area (Å²) in [5.74, 6) is -0.563. The van der Waals surface area contributed by atoms with Crippen LogP contribution in [0.1, 0.15) is 11.1 Å². The van der Waals surface area contributed by atoms with Crippen LogP contribution in [-0.4, -0.2) is 10.2 Å². The summed E-state index contributed by atoms with van der Waals surface area (Å²) in [6.07, 6.45) is -4.58. The van der Waals surface area contributed by atoms with Gasteiger partial charge in [0.25, 0.3) is 0 Å². The van der Waals surface area contributed by atoms with Gasteiger partial charge in [-0.15, -0.1) is 0 Å². The van der Waals surface area contributed by atoms with Crippen molar-refractivity contribution in [3.05, 3.63) is 47.5 Å². The van der Waals surface area contributed by atoms with E-state index in [0.29, 0.717) is 0 Å². The van der Waals surface area contributed by atoms with Crippen LogP contribution in [0.3, 0.4) is 0 Å². The van der Waals surface area contributed by atoms with Crippen molar-refractivity contribution in [2.45, 2.75) is 6.18 Å². The molecule has 0 aliphatic heterocycles. The summed E-state index contributed by atoms with van der Waals surface area (Å²) in [6.45, 7) is 0. The van der Waals surface area contributed by atoms with Crippen LogP contribution >= 0.6 is 0 Å². The molecule has 0 aliphatic carbocycles. The maximum absolute atomic E-state index is 12.8. The Bertz CT molecular complexity index is 682. The molecule has 0 unspecified atom stereocenters. The van der Waals surface area contributed by atoms with E-state index >= 15 is 0 Å². The third-order valence-electron chi connectivity index (χ3n) is 2.63. The summed E-state index contributed by atoms with van der Waals surface area (Å²) >= 11 is 0. The van der Waals surface area contributed by atoms with Crippen molar-refractivity contribution < 1.29 is 23.4 Å². The second-order valence-electron chi connectivity index (χ2n) is 4.15. The van der Waals surface area contributed by atoms with Crippen LogP contribution in [0.4, 0.5) is 13.2 Å². The van der Waals surface area contributed by atoms with Crippen LogP contribution in [0, 0.1) is 11.3 Å². The SMILES string of the molecule is N#Cc1cc(-c2cc(O)cc(O)c2)cc(C(F)(F)F)c1. The number of rotatable bonds is 1. The normalized spacial score (nSPS) is 11.1. The molecule has 0 amide bonds. The van der Waals surface area contributed by atoms with E-state index in [9.17, 15) is 23.4 Å². The molecule has 102 valence electrons. The molecule has 0 radical (unpaired) electrons. The number of aromatic hydroxyl groups is 2. The average molecular weight is 279 g/mol. The zero-order valence-electron chi connectivity index (χ0n) is 9.94. The van der Waals surface area contributed by atoms with E-state index in [1.807, 2.05) is 0 Å². The molecule has 6 heteroatoms. The van der Waals surface area contributed by atoms with Crippen molar-refractivity contribution in [3.63, 3.8) is 0 Å². The van der Waals surface area contributed by atoms with Gasteiger partial charge in [-0.3, -0.25) is 0 Å². The van der Waals surface area contributed by atoms with Gasteiger partial charge in [-0.25, -0.2) is 0 Å². The molecule has 0 aliphatic rings. The average Bonchev–Trinajstić information content (AvgIpc) is 2.36. The molecular weight excluding hydrogens is 271 g/mol. The molecule has 2 rings (SSSR count). The van der Waals surface area contributed by atoms with Gasteiger partial charge in [-0.2, -0.15) is 18.4 Å². The van der Waals surface area contributed by atoms with Crippen molar-refractivity contribution >= 4 is 0 Å². The first-order chi connectivity index (χ1) is 9.29. The lowest BCUT2D eigenvalue weighted by Crippen LogP contribution is -2.05. The molecule has 0 saturated heterocycles. The van der Waals surface area contributed by atoms with Crippen LogP contribution in [-0.2, 0) is 6.18 Å². The minimum Gasteiger partial charge on any atom is -0.508 e. The molecule has 20 heavy (non-hydrogen) atoms. The van der Waals surface area contributed by atoms with Gasteiger partial charge in [0.05, 0.1) is 17.2 Å². The molecule has 0 saturated carbocycles. The number of halogens is 3. The number of hydrogen-bond donors (Lipinski definition) is 2. The Labute approximate surface area is 112 Å². The van der Waals surface area contributed by atoms with Crippen LogP contribution in [0.25, 0.3) is 11.1 Å². The Hall–Kier alpha value is -2.68. The zero-order chi connectivity index (χ0) is 14.9. The predicted molar refractivity (Wildman–Crippen MR) is 64.9 cm³/mol. The van der Waals surface area contributed by atoms with Gasteiger partial charge >= 0.3 is 6.18 Å². The lowest BCUT2D eigenvalue weighted by Gasteiger charge is -2.10. The number of phenolic OH excluding ortho intramolecular Hbond substituents is 2. The third kappa shape index (κ3) is 2.83. The molecule has 3 nitrogen and oxygen atoms in total. The second-order valence-corrected chi connectivity index (χ2v) is 4.15. The van der Waals surface area contributed by atoms with Gasteiger partial charge in [0.2, 0.25) is 0 Å². The van der Waals surface area contributed by atoms with Gasteiger partial charge < -0.3 is 10.2 Å². The van der Waals surface area contributed by atoms with E-state index in [4.69, 9.17) is 5.26 Å². The monoisotopic (exact) mass is 279 g/mol. The van der Waals surface area contributed by atoms with Crippen molar-refractivity contribution in [1.29, 1.82) is 5.26 Å². The second kappa shape index (κ2) is 4.78. The fourth-order valence-electron chi connectivity index (χ4n) is 1.78. The first-order valence-corrected chi connectivity index (χ1v) is 5.45. The summed E-state index contributed by atoms with van der Waals surface area (Å²) in [5, 5.41) is 27.5. The summed E-state index contributed by atoms with van der Waals surface area (Å²) in [4.78, 5) is 0. The number of hydrogen-bond acceptors (Lipinski definition) is 3. The highest BCUT2D eigenvalue weighted by Gasteiger charge is 2.31. The van der Waals surface area contributed by atoms with E-state index < -0.39 is 11.7 Å². The van der Waals surface area contributed by atoms with Crippen molar-refractivity contribution in [2.75, 3.05) is 0 Å². The van der Waals surface area contributed by atoms with Gasteiger partial charge in [-0.1, -0.05) is 0 Å². The third-order valence-corrected chi connectivity index (χ3v) is 2.63. The molecule has 2 aromatic carbocycles. The van der Waals surface area contributed by atoms with E-state index in [1.165, 1.54) is 18.2 Å². The van der Waals surface area contributed by atoms with Crippen molar-refractivity contribution in [1.82, 2.24) is 0 Å². The van der Waals surface area contributed by atoms with Gasteiger partial charge in [0, 0.05) is 6.07 Å². The minimum absolute atomic E-state index is 0.0857. The fourth-order valence-corrected chi connectivity index (χ4v) is 1.78. The predicted octanol–water partition coefficient (Wildman–Crippen LogP) is 3.66. The van der Waals surface area contributed by atoms with Crippen LogP contribution in [0.5, 0.6) is 11.5 Å². The minimum atomic E-state index is -4.58. The molecule has 2 N–H and O–H groups in total. The van der Waals surface area contributed by atoms with Gasteiger partial charge in [0.15, 0.2) is 0 Å². The number of alkyl halides is 3. The highest BCUT2D eigenvalue weighted by Crippen LogP contribution is 2.35. The highest BCUT2D eigenvalue weighted by atomic mass is 19.4. The summed E-state index contributed by atoms with van der Waals surface area (Å²) in [5.41, 5.74) is -0.847. The van der Waals surface area contributed by atoms with Crippen LogP contribution in [0.15, 0.2) is 36.4 Å². The molecule has 0 atom stereocenters. The number of nitrogens with zero attached hydrogens (tertiary/aromatic N) is 1. The molecule has 0 spiro atoms. The fraction of sp³-hybridized carbons (Fsp3) is 0.0714. The van der Waals surface area contributed by atoms with Crippen molar-refractivity contribution in [2.24, 2.45) is 0 Å². The van der Waals surface area contributed by atoms with Crippen LogP contribution < -0.4 is 0 Å². The maximum Gasteiger partial charge on any atom is 0.416 e. The number of nitriles is 1. The highest BCUT2D eigenvalue weighted by molar-refractivity contribution is 5.69. The molecule has 0 fully saturated rings. The summed E-state index contributed by atoms with van der Waals surface area (Å²) in [6, 6.07) is 7.97. The molecule has 0 heterocycles. The van der Waals surface area contributed by atoms with Gasteiger partial charge in [0.1, 0.15) is 11.5 Å². The Morgan fingerprint density at radius 2 is 1.40 bits per heavy atom. The molecule has 0 bridgehead atoms. The quantitative estimate of drug-likeness (QED) is 0.837. The Kier molecular flexibility index (Phi) is 3.28. The topological polar surface area (TPSA) is 64.2 Å². The van der Waals surface area contributed by atoms with Crippen molar-refractivity contribution in [3.8, 4) is 28.7 Å². The lowest BCUT2D eigenvalue weighted by atomic mass is 9.99. The maximum atomic E-state index is 12.8. The molecular formula is C14H8F3NO2.